The van der Waals surface area contributed by atoms with E-state index in [2.05, 4.69) is 15.3 Å². The van der Waals surface area contributed by atoms with E-state index in [-0.39, 0.29) is 5.91 Å². The number of rotatable bonds is 5. The van der Waals surface area contributed by atoms with Crippen LogP contribution in [0.15, 0.2) is 43.0 Å². The van der Waals surface area contributed by atoms with Crippen molar-refractivity contribution in [1.29, 1.82) is 0 Å². The Labute approximate surface area is 118 Å². The maximum absolute atomic E-state index is 12.6. The van der Waals surface area contributed by atoms with Gasteiger partial charge in [-0.05, 0) is 30.7 Å². The Morgan fingerprint density at radius 2 is 1.90 bits per heavy atom. The van der Waals surface area contributed by atoms with E-state index in [1.807, 2.05) is 19.1 Å². The van der Waals surface area contributed by atoms with Gasteiger partial charge in [-0.3, -0.25) is 14.8 Å². The molecule has 2 rings (SSSR count). The molecule has 0 aliphatic carbocycles. The molecule has 2 aromatic rings. The zero-order chi connectivity index (χ0) is 14.4. The highest BCUT2D eigenvalue weighted by Crippen LogP contribution is 2.16. The molecule has 0 fully saturated rings. The molecule has 2 heterocycles. The quantitative estimate of drug-likeness (QED) is 0.904. The topological polar surface area (TPSA) is 58.1 Å². The van der Waals surface area contributed by atoms with Crippen molar-refractivity contribution in [2.24, 2.45) is 0 Å². The second kappa shape index (κ2) is 6.65. The van der Waals surface area contributed by atoms with Crippen molar-refractivity contribution in [1.82, 2.24) is 14.9 Å². The number of carbonyl (C=O) groups excluding carboxylic acids is 1. The fourth-order valence-electron chi connectivity index (χ4n) is 1.99. The molecular formula is C15H18N4O. The number of anilines is 1. The lowest BCUT2D eigenvalue weighted by Gasteiger charge is -2.22. The predicted molar refractivity (Wildman–Crippen MR) is 78.4 cm³/mol. The van der Waals surface area contributed by atoms with Gasteiger partial charge in [-0.2, -0.15) is 0 Å². The third-order valence-corrected chi connectivity index (χ3v) is 3.11. The molecule has 0 atom stereocenters. The molecule has 104 valence electrons. The minimum absolute atomic E-state index is 0.0261. The molecular weight excluding hydrogens is 252 g/mol. The zero-order valence-electron chi connectivity index (χ0n) is 11.7. The lowest BCUT2D eigenvalue weighted by Crippen LogP contribution is -2.30. The average molecular weight is 270 g/mol. The lowest BCUT2D eigenvalue weighted by molar-refractivity contribution is 0.0753. The normalized spacial score (nSPS) is 10.1. The molecule has 0 unspecified atom stereocenters. The van der Waals surface area contributed by atoms with Crippen LogP contribution in [0.5, 0.6) is 0 Å². The van der Waals surface area contributed by atoms with E-state index in [1.165, 1.54) is 0 Å². The lowest BCUT2D eigenvalue weighted by atomic mass is 10.2. The molecule has 0 spiro atoms. The Hall–Kier alpha value is -2.43. The number of hydrogen-bond donors (Lipinski definition) is 1. The maximum atomic E-state index is 12.6. The molecule has 0 aliphatic heterocycles. The van der Waals surface area contributed by atoms with Gasteiger partial charge in [0.05, 0.1) is 5.56 Å². The minimum Gasteiger partial charge on any atom is -0.387 e. The van der Waals surface area contributed by atoms with Crippen LogP contribution < -0.4 is 5.32 Å². The van der Waals surface area contributed by atoms with Crippen LogP contribution >= 0.6 is 0 Å². The van der Waals surface area contributed by atoms with Crippen LogP contribution in [-0.4, -0.2) is 34.4 Å². The standard InChI is InChI=1S/C15H18N4O/c1-3-19(11-12-4-7-17-8-5-12)15(20)13-10-18-9-6-14(13)16-2/h4-10H,3,11H2,1-2H3,(H,16,18). The Morgan fingerprint density at radius 1 is 1.20 bits per heavy atom. The molecule has 2 aromatic heterocycles. The van der Waals surface area contributed by atoms with Gasteiger partial charge in [0.1, 0.15) is 0 Å². The van der Waals surface area contributed by atoms with Crippen LogP contribution in [0.4, 0.5) is 5.69 Å². The minimum atomic E-state index is -0.0261. The van der Waals surface area contributed by atoms with Gasteiger partial charge < -0.3 is 10.2 Å². The first-order chi connectivity index (χ1) is 9.76. The zero-order valence-corrected chi connectivity index (χ0v) is 11.7. The molecule has 5 nitrogen and oxygen atoms in total. The van der Waals surface area contributed by atoms with Crippen molar-refractivity contribution in [3.63, 3.8) is 0 Å². The van der Waals surface area contributed by atoms with Gasteiger partial charge in [0.2, 0.25) is 0 Å². The molecule has 0 radical (unpaired) electrons. The first kappa shape index (κ1) is 14.0. The predicted octanol–water partition coefficient (Wildman–Crippen LogP) is 2.18. The fraction of sp³-hybridized carbons (Fsp3) is 0.267. The summed E-state index contributed by atoms with van der Waals surface area (Å²) in [5.41, 5.74) is 2.44. The third-order valence-electron chi connectivity index (χ3n) is 3.11. The first-order valence-electron chi connectivity index (χ1n) is 6.56. The van der Waals surface area contributed by atoms with Crippen LogP contribution in [0.25, 0.3) is 0 Å². The number of nitrogens with one attached hydrogen (secondary N) is 1. The first-order valence-corrected chi connectivity index (χ1v) is 6.56. The molecule has 0 saturated heterocycles. The Kier molecular flexibility index (Phi) is 4.65. The summed E-state index contributed by atoms with van der Waals surface area (Å²) in [6.07, 6.45) is 6.73. The molecule has 5 heteroatoms. The Morgan fingerprint density at radius 3 is 2.55 bits per heavy atom. The number of nitrogens with zero attached hydrogens (tertiary/aromatic N) is 3. The van der Waals surface area contributed by atoms with E-state index < -0.39 is 0 Å². The van der Waals surface area contributed by atoms with Gasteiger partial charge in [0.25, 0.3) is 5.91 Å². The number of hydrogen-bond acceptors (Lipinski definition) is 4. The van der Waals surface area contributed by atoms with Crippen molar-refractivity contribution in [3.8, 4) is 0 Å². The summed E-state index contributed by atoms with van der Waals surface area (Å²) < 4.78 is 0. The van der Waals surface area contributed by atoms with Crippen LogP contribution in [0.2, 0.25) is 0 Å². The molecule has 0 saturated carbocycles. The van der Waals surface area contributed by atoms with E-state index in [0.717, 1.165) is 11.3 Å². The van der Waals surface area contributed by atoms with Crippen molar-refractivity contribution in [2.45, 2.75) is 13.5 Å². The molecule has 0 aromatic carbocycles. The van der Waals surface area contributed by atoms with E-state index in [1.54, 1.807) is 42.8 Å². The highest BCUT2D eigenvalue weighted by atomic mass is 16.2. The third kappa shape index (κ3) is 3.12. The van der Waals surface area contributed by atoms with Crippen LogP contribution in [0.3, 0.4) is 0 Å². The molecule has 0 bridgehead atoms. The summed E-state index contributed by atoms with van der Waals surface area (Å²) >= 11 is 0. The summed E-state index contributed by atoms with van der Waals surface area (Å²) in [6.45, 7) is 3.17. The van der Waals surface area contributed by atoms with Crippen molar-refractivity contribution in [2.75, 3.05) is 18.9 Å². The number of pyridine rings is 2. The Balaban J connectivity index is 2.21. The summed E-state index contributed by atoms with van der Waals surface area (Å²) in [6, 6.07) is 5.63. The highest BCUT2D eigenvalue weighted by molar-refractivity contribution is 5.99. The van der Waals surface area contributed by atoms with Crippen molar-refractivity contribution >= 4 is 11.6 Å². The van der Waals surface area contributed by atoms with E-state index >= 15 is 0 Å². The number of amides is 1. The molecule has 1 amide bonds. The summed E-state index contributed by atoms with van der Waals surface area (Å²) in [5, 5.41) is 3.02. The SMILES string of the molecule is CCN(Cc1ccncc1)C(=O)c1cnccc1NC. The highest BCUT2D eigenvalue weighted by Gasteiger charge is 2.17. The number of aromatic nitrogens is 2. The summed E-state index contributed by atoms with van der Waals surface area (Å²) in [5.74, 6) is -0.0261. The van der Waals surface area contributed by atoms with E-state index in [9.17, 15) is 4.79 Å². The Bertz CT molecular complexity index is 571. The molecule has 0 aliphatic rings. The van der Waals surface area contributed by atoms with Crippen molar-refractivity contribution in [3.05, 3.63) is 54.1 Å². The monoisotopic (exact) mass is 270 g/mol. The van der Waals surface area contributed by atoms with Crippen LogP contribution in [0.1, 0.15) is 22.8 Å². The van der Waals surface area contributed by atoms with Gasteiger partial charge >= 0.3 is 0 Å². The smallest absolute Gasteiger partial charge is 0.257 e. The molecule has 1 N–H and O–H groups in total. The van der Waals surface area contributed by atoms with E-state index in [0.29, 0.717) is 18.7 Å². The number of carbonyl (C=O) groups is 1. The second-order valence-corrected chi connectivity index (χ2v) is 4.35. The van der Waals surface area contributed by atoms with Crippen LogP contribution in [0, 0.1) is 0 Å². The average Bonchev–Trinajstić information content (AvgIpc) is 2.53. The van der Waals surface area contributed by atoms with Crippen LogP contribution in [-0.2, 0) is 6.54 Å². The van der Waals surface area contributed by atoms with Gasteiger partial charge in [-0.1, -0.05) is 0 Å². The fourth-order valence-corrected chi connectivity index (χ4v) is 1.99. The van der Waals surface area contributed by atoms with Gasteiger partial charge in [-0.25, -0.2) is 0 Å². The van der Waals surface area contributed by atoms with Gasteiger partial charge in [-0.15, -0.1) is 0 Å². The largest absolute Gasteiger partial charge is 0.387 e. The van der Waals surface area contributed by atoms with E-state index in [4.69, 9.17) is 0 Å². The van der Waals surface area contributed by atoms with Gasteiger partial charge in [0.15, 0.2) is 0 Å². The summed E-state index contributed by atoms with van der Waals surface area (Å²) in [4.78, 5) is 22.4. The van der Waals surface area contributed by atoms with Gasteiger partial charge in [0, 0.05) is 50.6 Å². The summed E-state index contributed by atoms with van der Waals surface area (Å²) in [7, 11) is 1.80. The van der Waals surface area contributed by atoms with Crippen molar-refractivity contribution < 1.29 is 4.79 Å². The second-order valence-electron chi connectivity index (χ2n) is 4.35. The molecule has 20 heavy (non-hydrogen) atoms. The maximum Gasteiger partial charge on any atom is 0.257 e.